The maximum absolute atomic E-state index is 13.3. The number of rotatable bonds is 5. The highest BCUT2D eigenvalue weighted by Crippen LogP contribution is 2.62. The van der Waals surface area contributed by atoms with Crippen LogP contribution in [0.2, 0.25) is 0 Å². The van der Waals surface area contributed by atoms with Crippen molar-refractivity contribution < 1.29 is 14.7 Å². The van der Waals surface area contributed by atoms with Gasteiger partial charge in [0.05, 0.1) is 5.41 Å². The summed E-state index contributed by atoms with van der Waals surface area (Å²) in [5.74, 6) is 0.806. The van der Waals surface area contributed by atoms with E-state index in [-0.39, 0.29) is 11.3 Å². The number of aliphatic carboxylic acids is 1. The molecule has 5 unspecified atom stereocenters. The summed E-state index contributed by atoms with van der Waals surface area (Å²) in [5.41, 5.74) is 1.62. The molecule has 3 fully saturated rings. The summed E-state index contributed by atoms with van der Waals surface area (Å²) < 4.78 is 0. The van der Waals surface area contributed by atoms with Crippen molar-refractivity contribution in [2.24, 2.45) is 23.2 Å². The third kappa shape index (κ3) is 2.67. The number of benzene rings is 1. The molecule has 3 aliphatic rings. The molecule has 5 rings (SSSR count). The first-order chi connectivity index (χ1) is 13.0. The molecule has 3 aliphatic carbocycles. The number of para-hydroxylation sites is 1. The van der Waals surface area contributed by atoms with E-state index < -0.39 is 12.0 Å². The second-order valence-corrected chi connectivity index (χ2v) is 8.97. The fourth-order valence-electron chi connectivity index (χ4n) is 6.34. The standard InChI is InChI=1S/C22H26N2O3/c25-20(26)19(9-15-12-23-18-4-2-1-3-17(15)18)24-21(27)22-10-13-5-6-16(22)8-14(7-13)11-22/h1-4,12-14,16,19,23H,5-11H2,(H,24,27)(H,25,26). The number of fused-ring (bicyclic) bond motifs is 3. The van der Waals surface area contributed by atoms with E-state index in [2.05, 4.69) is 10.3 Å². The molecule has 2 aromatic rings. The van der Waals surface area contributed by atoms with Gasteiger partial charge in [0.1, 0.15) is 6.04 Å². The summed E-state index contributed by atoms with van der Waals surface area (Å²) in [6.07, 6.45) is 8.88. The largest absolute Gasteiger partial charge is 0.480 e. The Balaban J connectivity index is 1.37. The molecule has 0 aliphatic heterocycles. The second-order valence-electron chi connectivity index (χ2n) is 8.97. The molecule has 1 aromatic heterocycles. The zero-order valence-corrected chi connectivity index (χ0v) is 15.4. The average molecular weight is 366 g/mol. The van der Waals surface area contributed by atoms with Crippen LogP contribution in [0, 0.1) is 23.2 Å². The summed E-state index contributed by atoms with van der Waals surface area (Å²) in [7, 11) is 0. The van der Waals surface area contributed by atoms with Crippen LogP contribution < -0.4 is 5.32 Å². The highest BCUT2D eigenvalue weighted by molar-refractivity contribution is 5.89. The Hall–Kier alpha value is -2.30. The van der Waals surface area contributed by atoms with Crippen molar-refractivity contribution in [3.8, 4) is 0 Å². The minimum atomic E-state index is -0.958. The molecule has 5 atom stereocenters. The number of nitrogens with one attached hydrogen (secondary N) is 2. The van der Waals surface area contributed by atoms with E-state index in [9.17, 15) is 14.7 Å². The maximum Gasteiger partial charge on any atom is 0.326 e. The molecule has 142 valence electrons. The highest BCUT2D eigenvalue weighted by Gasteiger charge is 2.58. The number of H-pyrrole nitrogens is 1. The molecule has 5 heteroatoms. The number of hydrogen-bond donors (Lipinski definition) is 3. The Morgan fingerprint density at radius 3 is 2.85 bits per heavy atom. The number of carbonyl (C=O) groups is 2. The Morgan fingerprint density at radius 2 is 2.00 bits per heavy atom. The van der Waals surface area contributed by atoms with Gasteiger partial charge < -0.3 is 15.4 Å². The van der Waals surface area contributed by atoms with E-state index >= 15 is 0 Å². The zero-order chi connectivity index (χ0) is 18.6. The second kappa shape index (κ2) is 6.11. The summed E-state index contributed by atoms with van der Waals surface area (Å²) in [5, 5.41) is 13.7. The lowest BCUT2D eigenvalue weighted by Crippen LogP contribution is -2.53. The molecule has 0 saturated heterocycles. The van der Waals surface area contributed by atoms with E-state index in [4.69, 9.17) is 0 Å². The molecule has 27 heavy (non-hydrogen) atoms. The number of hydrogen-bond acceptors (Lipinski definition) is 2. The van der Waals surface area contributed by atoms with Gasteiger partial charge >= 0.3 is 5.97 Å². The minimum Gasteiger partial charge on any atom is -0.480 e. The average Bonchev–Trinajstić information content (AvgIpc) is 3.12. The maximum atomic E-state index is 13.3. The molecular formula is C22H26N2O3. The quantitative estimate of drug-likeness (QED) is 0.757. The van der Waals surface area contributed by atoms with Crippen LogP contribution in [0.4, 0.5) is 0 Å². The molecule has 3 saturated carbocycles. The summed E-state index contributed by atoms with van der Waals surface area (Å²) >= 11 is 0. The zero-order valence-electron chi connectivity index (χ0n) is 15.4. The van der Waals surface area contributed by atoms with E-state index in [0.29, 0.717) is 24.2 Å². The van der Waals surface area contributed by atoms with Gasteiger partial charge in [-0.05, 0) is 61.5 Å². The van der Waals surface area contributed by atoms with Crippen molar-refractivity contribution >= 4 is 22.8 Å². The topological polar surface area (TPSA) is 82.2 Å². The van der Waals surface area contributed by atoms with Gasteiger partial charge in [-0.15, -0.1) is 0 Å². The first kappa shape index (κ1) is 16.8. The Labute approximate surface area is 158 Å². The fraction of sp³-hybridized carbons (Fsp3) is 0.545. The number of carboxylic acid groups (broad SMARTS) is 1. The molecule has 0 radical (unpaired) electrons. The van der Waals surface area contributed by atoms with Crippen LogP contribution in [0.5, 0.6) is 0 Å². The Kier molecular flexibility index (Phi) is 3.81. The number of amides is 1. The summed E-state index contributed by atoms with van der Waals surface area (Å²) in [4.78, 5) is 28.4. The van der Waals surface area contributed by atoms with Crippen LogP contribution in [0.25, 0.3) is 10.9 Å². The van der Waals surface area contributed by atoms with Crippen molar-refractivity contribution in [1.82, 2.24) is 10.3 Å². The predicted octanol–water partition coefficient (Wildman–Crippen LogP) is 3.50. The van der Waals surface area contributed by atoms with Crippen molar-refractivity contribution in [2.45, 2.75) is 51.0 Å². The van der Waals surface area contributed by atoms with E-state index in [1.165, 1.54) is 12.8 Å². The molecule has 1 aromatic carbocycles. The monoisotopic (exact) mass is 366 g/mol. The molecule has 5 nitrogen and oxygen atoms in total. The molecule has 0 spiro atoms. The third-order valence-electron chi connectivity index (χ3n) is 7.45. The Bertz CT molecular complexity index is 904. The van der Waals surface area contributed by atoms with Crippen LogP contribution in [0.15, 0.2) is 30.5 Å². The van der Waals surface area contributed by atoms with Gasteiger partial charge in [-0.25, -0.2) is 4.79 Å². The third-order valence-corrected chi connectivity index (χ3v) is 7.45. The van der Waals surface area contributed by atoms with Crippen molar-refractivity contribution in [3.05, 3.63) is 36.0 Å². The fourth-order valence-corrected chi connectivity index (χ4v) is 6.34. The lowest BCUT2D eigenvalue weighted by Gasteiger charge is -2.44. The Morgan fingerprint density at radius 1 is 1.19 bits per heavy atom. The van der Waals surface area contributed by atoms with Gasteiger partial charge in [-0.3, -0.25) is 4.79 Å². The van der Waals surface area contributed by atoms with Crippen LogP contribution >= 0.6 is 0 Å². The van der Waals surface area contributed by atoms with E-state index in [0.717, 1.165) is 42.1 Å². The van der Waals surface area contributed by atoms with Gasteiger partial charge in [-0.2, -0.15) is 0 Å². The van der Waals surface area contributed by atoms with Gasteiger partial charge in [0.25, 0.3) is 0 Å². The summed E-state index contributed by atoms with van der Waals surface area (Å²) in [6, 6.07) is 6.98. The van der Waals surface area contributed by atoms with Crippen molar-refractivity contribution in [1.29, 1.82) is 0 Å². The van der Waals surface area contributed by atoms with Crippen molar-refractivity contribution in [2.75, 3.05) is 0 Å². The summed E-state index contributed by atoms with van der Waals surface area (Å²) in [6.45, 7) is 0. The van der Waals surface area contributed by atoms with Gasteiger partial charge in [0.2, 0.25) is 5.91 Å². The smallest absolute Gasteiger partial charge is 0.326 e. The van der Waals surface area contributed by atoms with Crippen LogP contribution in [-0.2, 0) is 16.0 Å². The molecule has 1 amide bonds. The lowest BCUT2D eigenvalue weighted by atomic mass is 9.61. The van der Waals surface area contributed by atoms with E-state index in [1.807, 2.05) is 30.5 Å². The van der Waals surface area contributed by atoms with Crippen molar-refractivity contribution in [3.63, 3.8) is 0 Å². The normalized spacial score (nSPS) is 32.5. The van der Waals surface area contributed by atoms with E-state index in [1.54, 1.807) is 0 Å². The first-order valence-corrected chi connectivity index (χ1v) is 10.1. The molecular weight excluding hydrogens is 340 g/mol. The van der Waals surface area contributed by atoms with Crippen LogP contribution in [-0.4, -0.2) is 28.0 Å². The van der Waals surface area contributed by atoms with Crippen LogP contribution in [0.3, 0.4) is 0 Å². The lowest BCUT2D eigenvalue weighted by molar-refractivity contribution is -0.146. The molecule has 1 heterocycles. The predicted molar refractivity (Wildman–Crippen MR) is 102 cm³/mol. The first-order valence-electron chi connectivity index (χ1n) is 10.1. The van der Waals surface area contributed by atoms with Gasteiger partial charge in [0, 0.05) is 23.5 Å². The van der Waals surface area contributed by atoms with Crippen LogP contribution in [0.1, 0.15) is 44.1 Å². The molecule has 3 bridgehead atoms. The number of aromatic amines is 1. The van der Waals surface area contributed by atoms with Gasteiger partial charge in [-0.1, -0.05) is 24.6 Å². The number of carbonyl (C=O) groups excluding carboxylic acids is 1. The highest BCUT2D eigenvalue weighted by atomic mass is 16.4. The number of aromatic nitrogens is 1. The number of carboxylic acids is 1. The SMILES string of the molecule is O=C(O)C(Cc1c[nH]c2ccccc12)NC(=O)C12CC3CCC1CC(C3)C2. The molecule has 3 N–H and O–H groups in total. The van der Waals surface area contributed by atoms with Gasteiger partial charge in [0.15, 0.2) is 0 Å². The minimum absolute atomic E-state index is 0.00774.